The van der Waals surface area contributed by atoms with Crippen LogP contribution in [0.3, 0.4) is 0 Å². The monoisotopic (exact) mass is 314 g/mol. The summed E-state index contributed by atoms with van der Waals surface area (Å²) in [5.41, 5.74) is 0. The fraction of sp³-hybridized carbons (Fsp3) is 0.889. The summed E-state index contributed by atoms with van der Waals surface area (Å²) >= 11 is 0. The summed E-state index contributed by atoms with van der Waals surface area (Å²) in [5.74, 6) is -1.17. The van der Waals surface area contributed by atoms with Gasteiger partial charge in [0.25, 0.3) is 0 Å². The predicted octanol–water partition coefficient (Wildman–Crippen LogP) is -1.24. The lowest BCUT2D eigenvalue weighted by Crippen LogP contribution is -2.60. The van der Waals surface area contributed by atoms with E-state index in [4.69, 9.17) is 5.11 Å². The van der Waals surface area contributed by atoms with Gasteiger partial charge in [-0.1, -0.05) is 0 Å². The summed E-state index contributed by atoms with van der Waals surface area (Å²) in [4.78, 5) is 10.8. The molecule has 0 aromatic heterocycles. The van der Waals surface area contributed by atoms with Gasteiger partial charge in [-0.3, -0.25) is 4.79 Å². The van der Waals surface area contributed by atoms with Crippen LogP contribution >= 0.6 is 0 Å². The van der Waals surface area contributed by atoms with E-state index >= 15 is 0 Å². The maximum atomic E-state index is 11.7. The van der Waals surface area contributed by atoms with Gasteiger partial charge >= 0.3 is 5.97 Å². The van der Waals surface area contributed by atoms with Crippen LogP contribution in [0.4, 0.5) is 0 Å². The molecular weight excluding hydrogens is 296 g/mol. The SMILES string of the molecule is C[C@@H]1CN(S(C)(=O)=O)C[C@@H](CC(=O)O)N1S(C)(=O)=O. The van der Waals surface area contributed by atoms with Crippen LogP contribution in [-0.2, 0) is 24.8 Å². The molecule has 0 radical (unpaired) electrons. The van der Waals surface area contributed by atoms with Crippen molar-refractivity contribution in [2.45, 2.75) is 25.4 Å². The van der Waals surface area contributed by atoms with E-state index in [2.05, 4.69) is 0 Å². The predicted molar refractivity (Wildman–Crippen MR) is 68.6 cm³/mol. The topological polar surface area (TPSA) is 112 Å². The third-order valence-electron chi connectivity index (χ3n) is 2.94. The van der Waals surface area contributed by atoms with Crippen LogP contribution < -0.4 is 0 Å². The van der Waals surface area contributed by atoms with Gasteiger partial charge in [0.1, 0.15) is 0 Å². The van der Waals surface area contributed by atoms with E-state index in [0.717, 1.165) is 21.1 Å². The van der Waals surface area contributed by atoms with Crippen LogP contribution in [0.1, 0.15) is 13.3 Å². The van der Waals surface area contributed by atoms with Crippen molar-refractivity contribution in [3.05, 3.63) is 0 Å². The second-order valence-electron chi connectivity index (χ2n) is 4.77. The Morgan fingerprint density at radius 2 is 1.68 bits per heavy atom. The molecule has 1 rings (SSSR count). The molecule has 2 atom stereocenters. The zero-order chi connectivity index (χ0) is 15.0. The summed E-state index contributed by atoms with van der Waals surface area (Å²) in [6.45, 7) is 1.46. The zero-order valence-electron chi connectivity index (χ0n) is 11.0. The minimum absolute atomic E-state index is 0.0298. The fourth-order valence-corrected chi connectivity index (χ4v) is 4.68. The smallest absolute Gasteiger partial charge is 0.305 e. The Morgan fingerprint density at radius 1 is 1.16 bits per heavy atom. The standard InChI is InChI=1S/C9H18N2O6S2/c1-7-5-10(18(2,14)15)6-8(4-9(12)13)11(7)19(3,16)17/h7-8H,4-6H2,1-3H3,(H,12,13)/t7-,8-/m1/s1. The van der Waals surface area contributed by atoms with Crippen LogP contribution in [0.15, 0.2) is 0 Å². The van der Waals surface area contributed by atoms with Crippen LogP contribution in [0, 0.1) is 0 Å². The molecule has 1 heterocycles. The van der Waals surface area contributed by atoms with Crippen LogP contribution in [0.5, 0.6) is 0 Å². The number of hydrogen-bond donors (Lipinski definition) is 1. The van der Waals surface area contributed by atoms with E-state index in [9.17, 15) is 21.6 Å². The molecule has 0 aromatic rings. The average Bonchev–Trinajstić information content (AvgIpc) is 2.11. The normalized spacial score (nSPS) is 27.3. The van der Waals surface area contributed by atoms with E-state index in [1.165, 1.54) is 0 Å². The lowest BCUT2D eigenvalue weighted by atomic mass is 10.1. The molecule has 0 saturated carbocycles. The molecule has 0 unspecified atom stereocenters. The Balaban J connectivity index is 3.11. The maximum absolute atomic E-state index is 11.7. The number of sulfonamides is 2. The molecule has 19 heavy (non-hydrogen) atoms. The number of piperazine rings is 1. The first-order chi connectivity index (χ1) is 8.43. The lowest BCUT2D eigenvalue weighted by molar-refractivity contribution is -0.138. The van der Waals surface area contributed by atoms with Gasteiger partial charge in [0.2, 0.25) is 20.0 Å². The van der Waals surface area contributed by atoms with Gasteiger partial charge in [-0.2, -0.15) is 8.61 Å². The first-order valence-electron chi connectivity index (χ1n) is 5.58. The van der Waals surface area contributed by atoms with Crippen molar-refractivity contribution in [1.82, 2.24) is 8.61 Å². The van der Waals surface area contributed by atoms with Gasteiger partial charge in [-0.25, -0.2) is 16.8 Å². The van der Waals surface area contributed by atoms with Crippen LogP contribution in [-0.4, -0.2) is 74.2 Å². The summed E-state index contributed by atoms with van der Waals surface area (Å²) in [6, 6.07) is -1.48. The lowest BCUT2D eigenvalue weighted by Gasteiger charge is -2.42. The molecule has 0 aromatic carbocycles. The quantitative estimate of drug-likeness (QED) is 0.694. The molecule has 1 saturated heterocycles. The van der Waals surface area contributed by atoms with E-state index in [1.807, 2.05) is 0 Å². The highest BCUT2D eigenvalue weighted by Crippen LogP contribution is 2.23. The Hall–Kier alpha value is -0.710. The van der Waals surface area contributed by atoms with Crippen molar-refractivity contribution in [2.24, 2.45) is 0 Å². The van der Waals surface area contributed by atoms with Gasteiger partial charge in [0.05, 0.1) is 18.9 Å². The zero-order valence-corrected chi connectivity index (χ0v) is 12.6. The Labute approximate surface area is 113 Å². The highest BCUT2D eigenvalue weighted by Gasteiger charge is 2.41. The third kappa shape index (κ3) is 4.13. The van der Waals surface area contributed by atoms with E-state index in [-0.39, 0.29) is 13.1 Å². The second-order valence-corrected chi connectivity index (χ2v) is 8.64. The van der Waals surface area contributed by atoms with Crippen molar-refractivity contribution in [1.29, 1.82) is 0 Å². The number of carbonyl (C=O) groups is 1. The van der Waals surface area contributed by atoms with Gasteiger partial charge in [-0.15, -0.1) is 0 Å². The largest absolute Gasteiger partial charge is 0.481 e. The van der Waals surface area contributed by atoms with Crippen molar-refractivity contribution in [3.8, 4) is 0 Å². The molecule has 1 N–H and O–H groups in total. The van der Waals surface area contributed by atoms with Crippen molar-refractivity contribution < 1.29 is 26.7 Å². The summed E-state index contributed by atoms with van der Waals surface area (Å²) in [5, 5.41) is 8.84. The highest BCUT2D eigenvalue weighted by atomic mass is 32.2. The maximum Gasteiger partial charge on any atom is 0.305 e. The van der Waals surface area contributed by atoms with Crippen LogP contribution in [0.2, 0.25) is 0 Å². The molecule has 0 bridgehead atoms. The minimum Gasteiger partial charge on any atom is -0.481 e. The van der Waals surface area contributed by atoms with E-state index in [0.29, 0.717) is 0 Å². The summed E-state index contributed by atoms with van der Waals surface area (Å²) in [7, 11) is -7.07. The first kappa shape index (κ1) is 16.3. The van der Waals surface area contributed by atoms with Crippen LogP contribution in [0.25, 0.3) is 0 Å². The van der Waals surface area contributed by atoms with Crippen molar-refractivity contribution >= 4 is 26.0 Å². The molecule has 0 aliphatic carbocycles. The Bertz CT molecular complexity index is 555. The molecule has 10 heteroatoms. The minimum atomic E-state index is -3.59. The van der Waals surface area contributed by atoms with Crippen molar-refractivity contribution in [2.75, 3.05) is 25.6 Å². The molecule has 1 aliphatic heterocycles. The number of carboxylic acids is 1. The molecule has 8 nitrogen and oxygen atoms in total. The number of nitrogens with zero attached hydrogens (tertiary/aromatic N) is 2. The molecule has 112 valence electrons. The average molecular weight is 314 g/mol. The molecule has 0 spiro atoms. The van der Waals surface area contributed by atoms with Gasteiger partial charge < -0.3 is 5.11 Å². The van der Waals surface area contributed by atoms with Gasteiger partial charge in [0.15, 0.2) is 0 Å². The molecule has 1 fully saturated rings. The second kappa shape index (κ2) is 5.35. The molecular formula is C9H18N2O6S2. The molecule has 0 amide bonds. The Kier molecular flexibility index (Phi) is 4.60. The fourth-order valence-electron chi connectivity index (χ4n) is 2.35. The van der Waals surface area contributed by atoms with Gasteiger partial charge in [-0.05, 0) is 6.92 Å². The van der Waals surface area contributed by atoms with Gasteiger partial charge in [0, 0.05) is 25.2 Å². The number of aliphatic carboxylic acids is 1. The third-order valence-corrected chi connectivity index (χ3v) is 5.60. The molecule has 1 aliphatic rings. The number of carboxylic acid groups (broad SMARTS) is 1. The van der Waals surface area contributed by atoms with E-state index < -0.39 is 44.5 Å². The highest BCUT2D eigenvalue weighted by molar-refractivity contribution is 7.88. The number of rotatable bonds is 4. The summed E-state index contributed by atoms with van der Waals surface area (Å²) in [6.07, 6.45) is 1.59. The van der Waals surface area contributed by atoms with E-state index in [1.54, 1.807) is 6.92 Å². The first-order valence-corrected chi connectivity index (χ1v) is 9.28. The Morgan fingerprint density at radius 3 is 2.05 bits per heavy atom. The number of hydrogen-bond acceptors (Lipinski definition) is 5. The summed E-state index contributed by atoms with van der Waals surface area (Å²) < 4.78 is 48.7. The van der Waals surface area contributed by atoms with Crippen molar-refractivity contribution in [3.63, 3.8) is 0 Å².